The van der Waals surface area contributed by atoms with E-state index in [0.717, 1.165) is 46.2 Å². The van der Waals surface area contributed by atoms with Crippen molar-refractivity contribution in [2.75, 3.05) is 25.0 Å². The number of nitrogens with zero attached hydrogens (tertiary/aromatic N) is 4. The predicted octanol–water partition coefficient (Wildman–Crippen LogP) is 4.19. The Bertz CT molecular complexity index is 1140. The van der Waals surface area contributed by atoms with Crippen LogP contribution in [0.1, 0.15) is 23.9 Å². The number of pyridine rings is 1. The summed E-state index contributed by atoms with van der Waals surface area (Å²) in [5.74, 6) is 0. The highest BCUT2D eigenvalue weighted by Gasteiger charge is 2.25. The molecule has 3 aromatic rings. The Morgan fingerprint density at radius 3 is 2.71 bits per heavy atom. The second kappa shape index (κ2) is 8.84. The average molecular weight is 433 g/mol. The van der Waals surface area contributed by atoms with Gasteiger partial charge in [-0.25, -0.2) is 9.78 Å². The fraction of sp³-hybridized carbons (Fsp3) is 0.304. The first-order valence-electron chi connectivity index (χ1n) is 10.2. The number of piperazine rings is 1. The van der Waals surface area contributed by atoms with Gasteiger partial charge in [-0.15, -0.1) is 0 Å². The maximum absolute atomic E-state index is 12.9. The van der Waals surface area contributed by atoms with Gasteiger partial charge in [0.15, 0.2) is 5.13 Å². The molecule has 3 heterocycles. The Hall–Kier alpha value is -3.28. The molecule has 1 saturated heterocycles. The second-order valence-electron chi connectivity index (χ2n) is 7.70. The molecule has 0 radical (unpaired) electrons. The number of hydrogen-bond acceptors (Lipinski definition) is 6. The first-order valence-corrected chi connectivity index (χ1v) is 11.0. The number of aromatic nitrogens is 2. The number of thiazole rings is 1. The summed E-state index contributed by atoms with van der Waals surface area (Å²) < 4.78 is 0. The van der Waals surface area contributed by atoms with Crippen LogP contribution in [0.5, 0.6) is 0 Å². The third-order valence-corrected chi connectivity index (χ3v) is 6.23. The molecule has 2 N–H and O–H groups in total. The molecule has 1 aliphatic rings. The minimum absolute atomic E-state index is 0.116. The molecule has 1 unspecified atom stereocenters. The number of nitrogens with one attached hydrogen (secondary N) is 2. The average Bonchev–Trinajstić information content (AvgIpc) is 3.17. The van der Waals surface area contributed by atoms with E-state index in [1.165, 1.54) is 11.3 Å². The summed E-state index contributed by atoms with van der Waals surface area (Å²) in [5, 5.41) is 16.1. The van der Waals surface area contributed by atoms with Crippen LogP contribution < -0.4 is 10.6 Å². The van der Waals surface area contributed by atoms with Crippen molar-refractivity contribution in [3.8, 4) is 27.8 Å². The molecule has 1 aromatic carbocycles. The van der Waals surface area contributed by atoms with E-state index in [0.29, 0.717) is 17.2 Å². The molecule has 1 atom stereocenters. The van der Waals surface area contributed by atoms with Crippen molar-refractivity contribution in [3.63, 3.8) is 0 Å². The zero-order chi connectivity index (χ0) is 22.0. The van der Waals surface area contributed by atoms with Crippen molar-refractivity contribution in [1.29, 1.82) is 5.26 Å². The van der Waals surface area contributed by atoms with Gasteiger partial charge in [-0.1, -0.05) is 23.5 Å². The van der Waals surface area contributed by atoms with Gasteiger partial charge >= 0.3 is 6.03 Å². The Kier molecular flexibility index (Phi) is 5.98. The van der Waals surface area contributed by atoms with Crippen LogP contribution in [0.15, 0.2) is 36.4 Å². The minimum atomic E-state index is -0.145. The lowest BCUT2D eigenvalue weighted by atomic mass is 10.0. The smallest absolute Gasteiger partial charge is 0.319 e. The van der Waals surface area contributed by atoms with Gasteiger partial charge in [0.2, 0.25) is 0 Å². The van der Waals surface area contributed by atoms with Crippen LogP contribution in [-0.4, -0.2) is 46.6 Å². The molecular weight excluding hydrogens is 408 g/mol. The standard InChI is InChI=1S/C23H24N6OS/c1-14-9-19(10-15(2)26-14)21-20(18-6-4-5-17(11-18)12-24)27-22(31-21)28-23(30)29-8-7-25-13-16(29)3/h4-6,9-11,16,25H,7-8,13H2,1-3H3,(H,27,28,30). The molecule has 0 bridgehead atoms. The van der Waals surface area contributed by atoms with Gasteiger partial charge < -0.3 is 10.2 Å². The van der Waals surface area contributed by atoms with Gasteiger partial charge in [-0.05, 0) is 50.6 Å². The number of nitriles is 1. The maximum atomic E-state index is 12.9. The van der Waals surface area contributed by atoms with Crippen molar-refractivity contribution in [2.45, 2.75) is 26.8 Å². The molecule has 158 valence electrons. The summed E-state index contributed by atoms with van der Waals surface area (Å²) >= 11 is 1.44. The Balaban J connectivity index is 1.75. The molecule has 0 saturated carbocycles. The lowest BCUT2D eigenvalue weighted by Gasteiger charge is -2.33. The third kappa shape index (κ3) is 4.58. The summed E-state index contributed by atoms with van der Waals surface area (Å²) in [5.41, 5.74) is 4.99. The number of aryl methyl sites for hydroxylation is 2. The van der Waals surface area contributed by atoms with E-state index in [9.17, 15) is 10.1 Å². The largest absolute Gasteiger partial charge is 0.323 e. The number of carbonyl (C=O) groups is 1. The Labute approximate surface area is 185 Å². The number of carbonyl (C=O) groups excluding carboxylic acids is 1. The van der Waals surface area contributed by atoms with Gasteiger partial charge in [0, 0.05) is 42.6 Å². The normalized spacial score (nSPS) is 16.1. The van der Waals surface area contributed by atoms with Gasteiger partial charge in [0.25, 0.3) is 0 Å². The number of urea groups is 1. The van der Waals surface area contributed by atoms with Crippen molar-refractivity contribution in [1.82, 2.24) is 20.2 Å². The van der Waals surface area contributed by atoms with Crippen LogP contribution >= 0.6 is 11.3 Å². The fourth-order valence-corrected chi connectivity index (χ4v) is 4.74. The zero-order valence-corrected chi connectivity index (χ0v) is 18.6. The number of amides is 2. The predicted molar refractivity (Wildman–Crippen MR) is 123 cm³/mol. The molecular formula is C23H24N6OS. The highest BCUT2D eigenvalue weighted by Crippen LogP contribution is 2.39. The molecule has 1 aliphatic heterocycles. The highest BCUT2D eigenvalue weighted by molar-refractivity contribution is 7.19. The minimum Gasteiger partial charge on any atom is -0.319 e. The lowest BCUT2D eigenvalue weighted by Crippen LogP contribution is -2.53. The molecule has 2 aromatic heterocycles. The molecule has 2 amide bonds. The van der Waals surface area contributed by atoms with E-state index in [1.807, 2.05) is 56.0 Å². The van der Waals surface area contributed by atoms with E-state index >= 15 is 0 Å². The molecule has 1 fully saturated rings. The molecule has 7 nitrogen and oxygen atoms in total. The number of hydrogen-bond donors (Lipinski definition) is 2. The van der Waals surface area contributed by atoms with Crippen LogP contribution in [0.2, 0.25) is 0 Å². The van der Waals surface area contributed by atoms with Gasteiger partial charge in [0.1, 0.15) is 0 Å². The number of benzene rings is 1. The summed E-state index contributed by atoms with van der Waals surface area (Å²) in [4.78, 5) is 24.9. The topological polar surface area (TPSA) is 93.9 Å². The van der Waals surface area contributed by atoms with Crippen LogP contribution in [0.25, 0.3) is 21.7 Å². The first kappa shape index (κ1) is 21.0. The van der Waals surface area contributed by atoms with Crippen LogP contribution in [0.4, 0.5) is 9.93 Å². The van der Waals surface area contributed by atoms with E-state index in [-0.39, 0.29) is 12.1 Å². The molecule has 0 spiro atoms. The number of anilines is 1. The summed E-state index contributed by atoms with van der Waals surface area (Å²) in [6.45, 7) is 8.16. The molecule has 31 heavy (non-hydrogen) atoms. The molecule has 8 heteroatoms. The van der Waals surface area contributed by atoms with Crippen molar-refractivity contribution in [3.05, 3.63) is 53.3 Å². The van der Waals surface area contributed by atoms with E-state index in [2.05, 4.69) is 21.7 Å². The van der Waals surface area contributed by atoms with Crippen molar-refractivity contribution < 1.29 is 4.79 Å². The quantitative estimate of drug-likeness (QED) is 0.647. The van der Waals surface area contributed by atoms with E-state index in [1.54, 1.807) is 6.07 Å². The monoisotopic (exact) mass is 432 g/mol. The van der Waals surface area contributed by atoms with Gasteiger partial charge in [-0.3, -0.25) is 10.3 Å². The van der Waals surface area contributed by atoms with Crippen molar-refractivity contribution in [2.24, 2.45) is 0 Å². The summed E-state index contributed by atoms with van der Waals surface area (Å²) in [6, 6.07) is 13.6. The maximum Gasteiger partial charge on any atom is 0.323 e. The highest BCUT2D eigenvalue weighted by atomic mass is 32.1. The SMILES string of the molecule is Cc1cc(-c2sc(NC(=O)N3CCNCC3C)nc2-c2cccc(C#N)c2)cc(C)n1. The first-order chi connectivity index (χ1) is 14.9. The van der Waals surface area contributed by atoms with E-state index in [4.69, 9.17) is 4.98 Å². The van der Waals surface area contributed by atoms with Crippen LogP contribution in [0.3, 0.4) is 0 Å². The molecule has 4 rings (SSSR count). The zero-order valence-electron chi connectivity index (χ0n) is 17.8. The summed E-state index contributed by atoms with van der Waals surface area (Å²) in [7, 11) is 0. The molecule has 0 aliphatic carbocycles. The fourth-order valence-electron chi connectivity index (χ4n) is 3.77. The van der Waals surface area contributed by atoms with E-state index < -0.39 is 0 Å². The van der Waals surface area contributed by atoms with Gasteiger partial charge in [-0.2, -0.15) is 5.26 Å². The Morgan fingerprint density at radius 1 is 1.23 bits per heavy atom. The van der Waals surface area contributed by atoms with Gasteiger partial charge in [0.05, 0.1) is 22.2 Å². The summed E-state index contributed by atoms with van der Waals surface area (Å²) in [6.07, 6.45) is 0. The second-order valence-corrected chi connectivity index (χ2v) is 8.70. The lowest BCUT2D eigenvalue weighted by molar-refractivity contribution is 0.177. The van der Waals surface area contributed by atoms with Crippen LogP contribution in [-0.2, 0) is 0 Å². The van der Waals surface area contributed by atoms with Crippen molar-refractivity contribution >= 4 is 22.5 Å². The third-order valence-electron chi connectivity index (χ3n) is 5.21. The van der Waals surface area contributed by atoms with Crippen LogP contribution in [0, 0.1) is 25.2 Å². The Morgan fingerprint density at radius 2 is 2.00 bits per heavy atom. The number of rotatable bonds is 3.